The lowest BCUT2D eigenvalue weighted by atomic mass is 9.84. The Labute approximate surface area is 116 Å². The number of nitrogens with two attached hydrogens (primary N) is 1. The first-order valence-electron chi connectivity index (χ1n) is 6.78. The summed E-state index contributed by atoms with van der Waals surface area (Å²) in [4.78, 5) is 12.4. The van der Waals surface area contributed by atoms with E-state index in [1.165, 1.54) is 0 Å². The van der Waals surface area contributed by atoms with Crippen molar-refractivity contribution in [1.82, 2.24) is 5.32 Å². The highest BCUT2D eigenvalue weighted by atomic mass is 32.1. The fraction of sp³-hybridized carbons (Fsp3) is 0.857. The maximum atomic E-state index is 12.0. The molecule has 4 heteroatoms. The van der Waals surface area contributed by atoms with Gasteiger partial charge in [-0.3, -0.25) is 4.79 Å². The van der Waals surface area contributed by atoms with Crippen LogP contribution in [0.5, 0.6) is 0 Å². The standard InChI is InChI=1S/C14H26N2OS/c1-9(8-14(2,3)4)7-11(17)16-12(13(15)18)10-5-6-10/h9-10,12H,5-8H2,1-4H3,(H2,15,18)(H,16,17). The summed E-state index contributed by atoms with van der Waals surface area (Å²) >= 11 is 5.02. The van der Waals surface area contributed by atoms with Crippen molar-refractivity contribution in [1.29, 1.82) is 0 Å². The first-order chi connectivity index (χ1) is 8.19. The van der Waals surface area contributed by atoms with Gasteiger partial charge in [0.15, 0.2) is 0 Å². The maximum Gasteiger partial charge on any atom is 0.220 e. The molecule has 0 spiro atoms. The van der Waals surface area contributed by atoms with Gasteiger partial charge in [0, 0.05) is 6.42 Å². The Hall–Kier alpha value is -0.640. The zero-order chi connectivity index (χ0) is 13.9. The molecule has 1 fully saturated rings. The molecular weight excluding hydrogens is 244 g/mol. The molecule has 3 N–H and O–H groups in total. The number of thiocarbonyl (C=S) groups is 1. The fourth-order valence-electron chi connectivity index (χ4n) is 2.52. The van der Waals surface area contributed by atoms with Crippen LogP contribution in [0.25, 0.3) is 0 Å². The van der Waals surface area contributed by atoms with Crippen molar-refractivity contribution >= 4 is 23.1 Å². The summed E-state index contributed by atoms with van der Waals surface area (Å²) in [6, 6.07) is -0.0886. The molecule has 3 nitrogen and oxygen atoms in total. The third-order valence-electron chi connectivity index (χ3n) is 3.21. The molecule has 2 unspecified atom stereocenters. The van der Waals surface area contributed by atoms with Gasteiger partial charge in [0.05, 0.1) is 11.0 Å². The van der Waals surface area contributed by atoms with Crippen LogP contribution in [-0.2, 0) is 4.79 Å². The lowest BCUT2D eigenvalue weighted by Crippen LogP contribution is -2.45. The van der Waals surface area contributed by atoms with Gasteiger partial charge in [0.25, 0.3) is 0 Å². The molecule has 0 saturated heterocycles. The Bertz CT molecular complexity index is 318. The summed E-state index contributed by atoms with van der Waals surface area (Å²) < 4.78 is 0. The molecule has 0 aliphatic heterocycles. The van der Waals surface area contributed by atoms with Crippen molar-refractivity contribution in [2.45, 2.75) is 59.4 Å². The molecule has 104 valence electrons. The van der Waals surface area contributed by atoms with Gasteiger partial charge in [0.1, 0.15) is 0 Å². The molecule has 0 heterocycles. The van der Waals surface area contributed by atoms with Crippen LogP contribution in [0.4, 0.5) is 0 Å². The summed E-state index contributed by atoms with van der Waals surface area (Å²) in [5.74, 6) is 0.942. The maximum absolute atomic E-state index is 12.0. The molecule has 1 rings (SSSR count). The second-order valence-electron chi connectivity index (χ2n) is 6.86. The molecule has 1 amide bonds. The van der Waals surface area contributed by atoms with Crippen LogP contribution in [0.3, 0.4) is 0 Å². The number of amides is 1. The number of carbonyl (C=O) groups is 1. The van der Waals surface area contributed by atoms with Gasteiger partial charge in [-0.05, 0) is 36.5 Å². The van der Waals surface area contributed by atoms with Gasteiger partial charge in [-0.1, -0.05) is 39.9 Å². The van der Waals surface area contributed by atoms with E-state index < -0.39 is 0 Å². The molecular formula is C14H26N2OS. The smallest absolute Gasteiger partial charge is 0.220 e. The Morgan fingerprint density at radius 2 is 2.00 bits per heavy atom. The van der Waals surface area contributed by atoms with Gasteiger partial charge >= 0.3 is 0 Å². The molecule has 0 radical (unpaired) electrons. The molecule has 1 aliphatic rings. The van der Waals surface area contributed by atoms with Crippen molar-refractivity contribution in [2.24, 2.45) is 23.0 Å². The lowest BCUT2D eigenvalue weighted by molar-refractivity contribution is -0.122. The van der Waals surface area contributed by atoms with Crippen LogP contribution >= 0.6 is 12.2 Å². The average molecular weight is 270 g/mol. The minimum Gasteiger partial charge on any atom is -0.392 e. The molecule has 1 saturated carbocycles. The number of rotatable bonds is 6. The zero-order valence-corrected chi connectivity index (χ0v) is 12.8. The van der Waals surface area contributed by atoms with Crippen LogP contribution < -0.4 is 11.1 Å². The summed E-state index contributed by atoms with van der Waals surface area (Å²) in [6.07, 6.45) is 3.85. The normalized spacial score (nSPS) is 19.1. The predicted octanol–water partition coefficient (Wildman–Crippen LogP) is 2.63. The molecule has 0 aromatic carbocycles. The molecule has 1 aliphatic carbocycles. The topological polar surface area (TPSA) is 55.1 Å². The fourth-order valence-corrected chi connectivity index (χ4v) is 2.77. The van der Waals surface area contributed by atoms with Crippen molar-refractivity contribution in [3.8, 4) is 0 Å². The van der Waals surface area contributed by atoms with Crippen molar-refractivity contribution in [3.63, 3.8) is 0 Å². The van der Waals surface area contributed by atoms with Gasteiger partial charge in [-0.2, -0.15) is 0 Å². The molecule has 0 bridgehead atoms. The Morgan fingerprint density at radius 1 is 1.44 bits per heavy atom. The predicted molar refractivity (Wildman–Crippen MR) is 79.3 cm³/mol. The molecule has 18 heavy (non-hydrogen) atoms. The minimum absolute atomic E-state index is 0.0800. The van der Waals surface area contributed by atoms with E-state index in [0.29, 0.717) is 23.2 Å². The SMILES string of the molecule is CC(CC(=O)NC(C(N)=S)C1CC1)CC(C)(C)C. The third kappa shape index (κ3) is 5.80. The van der Waals surface area contributed by atoms with Crippen molar-refractivity contribution in [2.75, 3.05) is 0 Å². The van der Waals surface area contributed by atoms with Crippen LogP contribution in [0, 0.1) is 17.3 Å². The first kappa shape index (κ1) is 15.4. The number of carbonyl (C=O) groups excluding carboxylic acids is 1. The van der Waals surface area contributed by atoms with E-state index in [2.05, 4.69) is 33.0 Å². The summed E-state index contributed by atoms with van der Waals surface area (Å²) in [5.41, 5.74) is 5.94. The summed E-state index contributed by atoms with van der Waals surface area (Å²) in [7, 11) is 0. The number of nitrogens with one attached hydrogen (secondary N) is 1. The molecule has 0 aromatic heterocycles. The first-order valence-corrected chi connectivity index (χ1v) is 7.18. The second kappa shape index (κ2) is 6.00. The monoisotopic (exact) mass is 270 g/mol. The quantitative estimate of drug-likeness (QED) is 0.730. The average Bonchev–Trinajstić information content (AvgIpc) is 2.92. The number of hydrogen-bond donors (Lipinski definition) is 2. The van der Waals surface area contributed by atoms with Crippen LogP contribution in [0.1, 0.15) is 53.4 Å². The number of hydrogen-bond acceptors (Lipinski definition) is 2. The van der Waals surface area contributed by atoms with E-state index in [1.54, 1.807) is 0 Å². The minimum atomic E-state index is -0.0886. The van der Waals surface area contributed by atoms with Crippen molar-refractivity contribution in [3.05, 3.63) is 0 Å². The second-order valence-corrected chi connectivity index (χ2v) is 7.33. The highest BCUT2D eigenvalue weighted by Gasteiger charge is 2.34. The Kier molecular flexibility index (Phi) is 5.14. The highest BCUT2D eigenvalue weighted by Crippen LogP contribution is 2.33. The van der Waals surface area contributed by atoms with E-state index in [0.717, 1.165) is 19.3 Å². The van der Waals surface area contributed by atoms with Gasteiger partial charge < -0.3 is 11.1 Å². The van der Waals surface area contributed by atoms with E-state index in [9.17, 15) is 4.79 Å². The molecule has 0 aromatic rings. The van der Waals surface area contributed by atoms with E-state index in [4.69, 9.17) is 18.0 Å². The summed E-state index contributed by atoms with van der Waals surface area (Å²) in [5, 5.41) is 2.99. The van der Waals surface area contributed by atoms with E-state index >= 15 is 0 Å². The summed E-state index contributed by atoms with van der Waals surface area (Å²) in [6.45, 7) is 8.72. The Morgan fingerprint density at radius 3 is 2.39 bits per heavy atom. The van der Waals surface area contributed by atoms with Crippen LogP contribution in [-0.4, -0.2) is 16.9 Å². The third-order valence-corrected chi connectivity index (χ3v) is 3.47. The van der Waals surface area contributed by atoms with E-state index in [-0.39, 0.29) is 17.4 Å². The van der Waals surface area contributed by atoms with E-state index in [1.807, 2.05) is 0 Å². The largest absolute Gasteiger partial charge is 0.392 e. The van der Waals surface area contributed by atoms with Gasteiger partial charge in [-0.15, -0.1) is 0 Å². The van der Waals surface area contributed by atoms with Crippen LogP contribution in [0.2, 0.25) is 0 Å². The zero-order valence-electron chi connectivity index (χ0n) is 12.0. The molecule has 2 atom stereocenters. The highest BCUT2D eigenvalue weighted by molar-refractivity contribution is 7.80. The van der Waals surface area contributed by atoms with Gasteiger partial charge in [-0.25, -0.2) is 0 Å². The lowest BCUT2D eigenvalue weighted by Gasteiger charge is -2.24. The van der Waals surface area contributed by atoms with Crippen LogP contribution in [0.15, 0.2) is 0 Å². The van der Waals surface area contributed by atoms with Crippen molar-refractivity contribution < 1.29 is 4.79 Å². The van der Waals surface area contributed by atoms with Gasteiger partial charge in [0.2, 0.25) is 5.91 Å². The Balaban J connectivity index is 2.38.